The predicted molar refractivity (Wildman–Crippen MR) is 369 cm³/mol. The Labute approximate surface area is 585 Å². The Balaban J connectivity index is 1.41. The molecule has 2 fully saturated rings. The Morgan fingerprint density at radius 3 is 1.67 bits per heavy atom. The number of hydrogen-bond acceptors (Lipinski definition) is 22. The fourth-order valence-electron chi connectivity index (χ4n) is 11.6. The summed E-state index contributed by atoms with van der Waals surface area (Å²) in [7, 11) is 1.86. The number of nitrogens with zero attached hydrogens (tertiary/aromatic N) is 4. The van der Waals surface area contributed by atoms with Crippen molar-refractivity contribution in [2.45, 2.75) is 114 Å². The van der Waals surface area contributed by atoms with Crippen molar-refractivity contribution in [3.63, 3.8) is 0 Å². The molecule has 546 valence electrons. The van der Waals surface area contributed by atoms with E-state index in [0.717, 1.165) is 28.5 Å². The lowest BCUT2D eigenvalue weighted by atomic mass is 9.94. The van der Waals surface area contributed by atoms with Crippen LogP contribution >= 0.6 is 21.6 Å². The number of fused-ring (bicyclic) bond motifs is 1. The molecule has 33 heteroatoms. The monoisotopic (exact) mass is 1430 g/mol. The quantitative estimate of drug-likeness (QED) is 0.0246. The summed E-state index contributed by atoms with van der Waals surface area (Å²) in [6.45, 7) is 1.65. The number of carboxylic acid groups (broad SMARTS) is 4. The van der Waals surface area contributed by atoms with Crippen molar-refractivity contribution in [3.05, 3.63) is 102 Å². The number of benzene rings is 3. The molecule has 0 aliphatic carbocycles. The molecule has 4 aromatic rings. The van der Waals surface area contributed by atoms with E-state index in [-0.39, 0.29) is 115 Å². The van der Waals surface area contributed by atoms with Gasteiger partial charge in [0.15, 0.2) is 17.6 Å². The number of aromatic amines is 1. The Morgan fingerprint density at radius 2 is 1.12 bits per heavy atom. The van der Waals surface area contributed by atoms with Crippen LogP contribution in [0.1, 0.15) is 62.6 Å². The zero-order valence-electron chi connectivity index (χ0n) is 55.8. The highest BCUT2D eigenvalue weighted by Gasteiger charge is 2.38. The van der Waals surface area contributed by atoms with Gasteiger partial charge < -0.3 is 78.4 Å². The normalized spacial score (nSPS) is 22.0. The standard InChI is InChI=1S/C67H92N12O19S2/c1-40(80)60-55(84)32-46(63(93)75-61(41(2)81)67(97)98)39-100-99-38-45(31-54(83)51(28-42-10-4-3-5-11-42)70-56(85)34-76-20-22-77(35-57(86)87)24-26-79(37-59(90)91)27-25-78(23-21-76)36-58(88)89)62(92)72-52(29-43-15-17-47(82)18-16-43)65(95)73-53(30-44-33-69-49-13-7-6-12-48(44)49)66(96)71-50(64(94)74-60)14-8-9-19-68/h3-7,10-13,15-18,33,40-41,45-46,50-53,60-61,69,80-82H,8-9,14,19-32,34-39,68H2,1-2H3,(H,70,85)(H,71,96)(H,72,92)(H,73,95)(H,74,94)(H,75,93)(H,86,87)(H,88,89)(H,90,91)(H,97,98)/t40-,41-,45?,46?,50+,51?,52+,53?,60?,61?/m1/s1. The number of phenols is 1. The lowest BCUT2D eigenvalue weighted by molar-refractivity contribution is -0.145. The van der Waals surface area contributed by atoms with Crippen molar-refractivity contribution in [2.75, 3.05) is 96.6 Å². The van der Waals surface area contributed by atoms with Crippen molar-refractivity contribution < 1.29 is 93.3 Å². The van der Waals surface area contributed by atoms with E-state index >= 15 is 14.4 Å². The molecule has 2 saturated heterocycles. The smallest absolute Gasteiger partial charge is 0.328 e. The van der Waals surface area contributed by atoms with Crippen molar-refractivity contribution >= 4 is 103 Å². The number of ketones is 2. The van der Waals surface area contributed by atoms with Crippen LogP contribution in [0.15, 0.2) is 85.1 Å². The van der Waals surface area contributed by atoms with E-state index in [1.54, 1.807) is 80.4 Å². The van der Waals surface area contributed by atoms with Gasteiger partial charge in [0, 0.05) is 107 Å². The molecule has 6 unspecified atom stereocenters. The number of nitrogens with two attached hydrogens (primary N) is 1. The van der Waals surface area contributed by atoms with Gasteiger partial charge in [-0.25, -0.2) is 4.79 Å². The highest BCUT2D eigenvalue weighted by molar-refractivity contribution is 8.76. The average Bonchev–Trinajstić information content (AvgIpc) is 1.59. The number of hydrogen-bond donors (Lipinski definition) is 15. The average molecular weight is 1430 g/mol. The van der Waals surface area contributed by atoms with Gasteiger partial charge >= 0.3 is 23.9 Å². The van der Waals surface area contributed by atoms with Gasteiger partial charge in [-0.3, -0.25) is 72.3 Å². The third-order valence-electron chi connectivity index (χ3n) is 17.1. The molecule has 100 heavy (non-hydrogen) atoms. The molecule has 10 atom stereocenters. The number of aliphatic hydroxyl groups excluding tert-OH is 2. The first kappa shape index (κ1) is 80.4. The van der Waals surface area contributed by atoms with E-state index in [1.165, 1.54) is 31.2 Å². The second-order valence-corrected chi connectivity index (χ2v) is 27.6. The third kappa shape index (κ3) is 26.9. The van der Waals surface area contributed by atoms with E-state index in [9.17, 15) is 78.9 Å². The minimum atomic E-state index is -1.86. The van der Waals surface area contributed by atoms with Crippen LogP contribution in [0.25, 0.3) is 10.9 Å². The number of aromatic nitrogens is 1. The molecule has 2 aliphatic heterocycles. The first-order valence-corrected chi connectivity index (χ1v) is 35.5. The number of rotatable bonds is 27. The van der Waals surface area contributed by atoms with Crippen molar-refractivity contribution in [1.29, 1.82) is 0 Å². The van der Waals surface area contributed by atoms with E-state index in [0.29, 0.717) is 34.0 Å². The molecule has 16 N–H and O–H groups in total. The number of carbonyl (C=O) groups is 12. The van der Waals surface area contributed by atoms with Gasteiger partial charge in [-0.2, -0.15) is 0 Å². The van der Waals surface area contributed by atoms with Crippen molar-refractivity contribution in [1.82, 2.24) is 56.5 Å². The summed E-state index contributed by atoms with van der Waals surface area (Å²) in [6, 6.07) is 12.0. The van der Waals surface area contributed by atoms with Crippen LogP contribution in [0.5, 0.6) is 5.75 Å². The summed E-state index contributed by atoms with van der Waals surface area (Å²) in [5.74, 6) is -15.6. The van der Waals surface area contributed by atoms with Crippen molar-refractivity contribution in [2.24, 2.45) is 17.6 Å². The van der Waals surface area contributed by atoms with E-state index in [1.807, 2.05) is 0 Å². The summed E-state index contributed by atoms with van der Waals surface area (Å²) in [5.41, 5.74) is 8.08. The van der Waals surface area contributed by atoms with Gasteiger partial charge in [0.25, 0.3) is 0 Å². The number of aliphatic carboxylic acids is 4. The van der Waals surface area contributed by atoms with E-state index in [4.69, 9.17) is 5.73 Å². The molecule has 31 nitrogen and oxygen atoms in total. The number of para-hydroxylation sites is 1. The number of aliphatic hydroxyl groups is 2. The second-order valence-electron chi connectivity index (χ2n) is 25.1. The zero-order chi connectivity index (χ0) is 73.0. The maximum atomic E-state index is 15.4. The SMILES string of the molecule is C[C@@H](O)C(NC(=O)C1CSSCC(CC(=O)C(Cc2ccccc2)NC(=O)CN2CCN(CC(=O)O)CCN(CC(=O)O)CCN(CC(=O)O)CC2)C(=O)N[C@@H](Cc2ccc(O)cc2)C(=O)NC(Cc2c[nH]c3ccccc23)C(=O)N[C@@H](CCCCN)C(=O)NC([C@@H](C)O)C(=O)C1)C(=O)O. The molecular weight excluding hydrogens is 1340 g/mol. The van der Waals surface area contributed by atoms with Crippen molar-refractivity contribution in [3.8, 4) is 5.75 Å². The molecule has 3 aromatic carbocycles. The van der Waals surface area contributed by atoms with Gasteiger partial charge in [-0.15, -0.1) is 0 Å². The highest BCUT2D eigenvalue weighted by Crippen LogP contribution is 2.30. The lowest BCUT2D eigenvalue weighted by Gasteiger charge is -2.33. The van der Waals surface area contributed by atoms with Crippen LogP contribution in [0.2, 0.25) is 0 Å². The summed E-state index contributed by atoms with van der Waals surface area (Å²) >= 11 is 0. The first-order chi connectivity index (χ1) is 47.7. The van der Waals surface area contributed by atoms with Crippen LogP contribution in [0, 0.1) is 11.8 Å². The largest absolute Gasteiger partial charge is 0.508 e. The van der Waals surface area contributed by atoms with Gasteiger partial charge in [-0.05, 0) is 81.0 Å². The minimum Gasteiger partial charge on any atom is -0.508 e. The highest BCUT2D eigenvalue weighted by atomic mass is 33.1. The molecule has 2 aliphatic rings. The van der Waals surface area contributed by atoms with Crippen LogP contribution in [0.4, 0.5) is 0 Å². The van der Waals surface area contributed by atoms with Gasteiger partial charge in [0.1, 0.15) is 29.9 Å². The number of phenolic OH excluding ortho intramolecular Hbond substituents is 1. The number of H-pyrrole nitrogens is 1. The van der Waals surface area contributed by atoms with Gasteiger partial charge in [0.05, 0.1) is 56.3 Å². The molecule has 1 aromatic heterocycles. The topological polar surface area (TPSA) is 473 Å². The number of nitrogens with one attached hydrogen (secondary N) is 7. The Bertz CT molecular complexity index is 3410. The first-order valence-electron chi connectivity index (χ1n) is 33.0. The summed E-state index contributed by atoms with van der Waals surface area (Å²) in [5, 5.41) is 87.7. The number of amides is 6. The maximum absolute atomic E-state index is 15.4. The van der Waals surface area contributed by atoms with Crippen LogP contribution in [-0.2, 0) is 76.8 Å². The van der Waals surface area contributed by atoms with Gasteiger partial charge in [0.2, 0.25) is 35.4 Å². The van der Waals surface area contributed by atoms with Crippen LogP contribution in [0.3, 0.4) is 0 Å². The molecule has 0 spiro atoms. The van der Waals surface area contributed by atoms with Gasteiger partial charge in [-0.1, -0.05) is 82.3 Å². The molecule has 3 heterocycles. The molecule has 0 bridgehead atoms. The maximum Gasteiger partial charge on any atom is 0.328 e. The molecule has 0 radical (unpaired) electrons. The van der Waals surface area contributed by atoms with E-state index in [2.05, 4.69) is 36.9 Å². The molecule has 6 amide bonds. The summed E-state index contributed by atoms with van der Waals surface area (Å²) in [6.07, 6.45) is -2.98. The van der Waals surface area contributed by atoms with Crippen LogP contribution < -0.4 is 37.6 Å². The molecule has 0 saturated carbocycles. The third-order valence-corrected chi connectivity index (χ3v) is 19.7. The lowest BCUT2D eigenvalue weighted by Crippen LogP contribution is -2.59. The number of carbonyl (C=O) groups excluding carboxylic acids is 8. The summed E-state index contributed by atoms with van der Waals surface area (Å²) < 4.78 is 0. The Morgan fingerprint density at radius 1 is 0.600 bits per heavy atom. The Kier molecular flexibility index (Phi) is 32.7. The predicted octanol–water partition coefficient (Wildman–Crippen LogP) is -1.19. The second kappa shape index (κ2) is 40.6. The zero-order valence-corrected chi connectivity index (χ0v) is 57.5. The number of aromatic hydroxyl groups is 1. The fourth-order valence-corrected chi connectivity index (χ4v) is 14.2. The minimum absolute atomic E-state index is 0.0604. The molecule has 6 rings (SSSR count). The Hall–Kier alpha value is -8.54. The fraction of sp³-hybridized carbons (Fsp3) is 0.522. The number of unbranched alkanes of at least 4 members (excludes halogenated alkanes) is 1. The molecular formula is C67H92N12O19S2. The number of Topliss-reactive ketones (excluding diaryl/α,β-unsaturated/α-hetero) is 2. The van der Waals surface area contributed by atoms with E-state index < -0.39 is 164 Å². The number of carboxylic acids is 4. The summed E-state index contributed by atoms with van der Waals surface area (Å²) in [4.78, 5) is 176. The van der Waals surface area contributed by atoms with Crippen LogP contribution in [-0.4, -0.2) is 276 Å².